The summed E-state index contributed by atoms with van der Waals surface area (Å²) in [6, 6.07) is 10.1. The standard InChI is InChI=1S/C17H23N3O/c1-4-14(18)8-13-9-17(12-19-11-13)21-16-7-5-6-15(10-16)20(2)3/h5-7,9-12,14H,4,8,18H2,1-3H3. The molecule has 2 N–H and O–H groups in total. The zero-order valence-corrected chi connectivity index (χ0v) is 12.9. The Morgan fingerprint density at radius 1 is 1.19 bits per heavy atom. The van der Waals surface area contributed by atoms with Gasteiger partial charge in [-0.3, -0.25) is 4.98 Å². The van der Waals surface area contributed by atoms with E-state index >= 15 is 0 Å². The van der Waals surface area contributed by atoms with Crippen LogP contribution in [0.1, 0.15) is 18.9 Å². The van der Waals surface area contributed by atoms with Gasteiger partial charge in [0.25, 0.3) is 0 Å². The zero-order valence-electron chi connectivity index (χ0n) is 12.9. The third-order valence-corrected chi connectivity index (χ3v) is 3.36. The Morgan fingerprint density at radius 2 is 2.00 bits per heavy atom. The molecule has 0 aliphatic rings. The maximum atomic E-state index is 5.99. The van der Waals surface area contributed by atoms with Crippen LogP contribution in [0.3, 0.4) is 0 Å². The number of rotatable bonds is 6. The third-order valence-electron chi connectivity index (χ3n) is 3.36. The molecule has 112 valence electrons. The largest absolute Gasteiger partial charge is 0.456 e. The molecule has 1 unspecified atom stereocenters. The number of hydrogen-bond acceptors (Lipinski definition) is 4. The number of ether oxygens (including phenoxy) is 1. The molecule has 0 saturated heterocycles. The van der Waals surface area contributed by atoms with Crippen LogP contribution in [0.2, 0.25) is 0 Å². The van der Waals surface area contributed by atoms with E-state index in [2.05, 4.69) is 11.9 Å². The van der Waals surface area contributed by atoms with E-state index in [0.717, 1.165) is 35.6 Å². The summed E-state index contributed by atoms with van der Waals surface area (Å²) in [5.41, 5.74) is 8.19. The number of nitrogens with zero attached hydrogens (tertiary/aromatic N) is 2. The average Bonchev–Trinajstić information content (AvgIpc) is 2.47. The summed E-state index contributed by atoms with van der Waals surface area (Å²) in [4.78, 5) is 6.28. The highest BCUT2D eigenvalue weighted by molar-refractivity contribution is 5.50. The van der Waals surface area contributed by atoms with Crippen molar-refractivity contribution in [3.8, 4) is 11.5 Å². The van der Waals surface area contributed by atoms with Crippen molar-refractivity contribution in [1.29, 1.82) is 0 Å². The van der Waals surface area contributed by atoms with Crippen LogP contribution in [-0.4, -0.2) is 25.1 Å². The van der Waals surface area contributed by atoms with Crippen molar-refractivity contribution in [2.75, 3.05) is 19.0 Å². The van der Waals surface area contributed by atoms with Crippen molar-refractivity contribution in [3.05, 3.63) is 48.3 Å². The molecule has 0 amide bonds. The van der Waals surface area contributed by atoms with Crippen molar-refractivity contribution in [2.24, 2.45) is 5.73 Å². The molecule has 0 fully saturated rings. The molecule has 0 spiro atoms. The van der Waals surface area contributed by atoms with Gasteiger partial charge >= 0.3 is 0 Å². The van der Waals surface area contributed by atoms with Gasteiger partial charge in [-0.1, -0.05) is 13.0 Å². The maximum absolute atomic E-state index is 5.99. The van der Waals surface area contributed by atoms with E-state index < -0.39 is 0 Å². The highest BCUT2D eigenvalue weighted by atomic mass is 16.5. The van der Waals surface area contributed by atoms with Crippen LogP contribution < -0.4 is 15.4 Å². The van der Waals surface area contributed by atoms with Crippen LogP contribution in [-0.2, 0) is 6.42 Å². The van der Waals surface area contributed by atoms with Gasteiger partial charge in [-0.15, -0.1) is 0 Å². The van der Waals surface area contributed by atoms with Gasteiger partial charge < -0.3 is 15.4 Å². The van der Waals surface area contributed by atoms with Gasteiger partial charge in [-0.2, -0.15) is 0 Å². The second kappa shape index (κ2) is 7.09. The molecule has 1 atom stereocenters. The third kappa shape index (κ3) is 4.46. The molecule has 2 aromatic rings. The summed E-state index contributed by atoms with van der Waals surface area (Å²) in [6.07, 6.45) is 5.34. The van der Waals surface area contributed by atoms with Crippen molar-refractivity contribution >= 4 is 5.69 Å². The van der Waals surface area contributed by atoms with Crippen molar-refractivity contribution in [3.63, 3.8) is 0 Å². The molecular formula is C17H23N3O. The zero-order chi connectivity index (χ0) is 15.2. The lowest BCUT2D eigenvalue weighted by Crippen LogP contribution is -2.21. The van der Waals surface area contributed by atoms with Crippen LogP contribution in [0, 0.1) is 0 Å². The molecule has 0 radical (unpaired) electrons. The summed E-state index contributed by atoms with van der Waals surface area (Å²) in [6.45, 7) is 2.09. The number of hydrogen-bond donors (Lipinski definition) is 1. The molecule has 4 heteroatoms. The van der Waals surface area contributed by atoms with E-state index in [9.17, 15) is 0 Å². The predicted octanol–water partition coefficient (Wildman–Crippen LogP) is 3.22. The number of pyridine rings is 1. The molecule has 4 nitrogen and oxygen atoms in total. The molecular weight excluding hydrogens is 262 g/mol. The Balaban J connectivity index is 2.12. The Kier molecular flexibility index (Phi) is 5.17. The van der Waals surface area contributed by atoms with Gasteiger partial charge in [0.15, 0.2) is 0 Å². The lowest BCUT2D eigenvalue weighted by molar-refractivity contribution is 0.479. The second-order valence-corrected chi connectivity index (χ2v) is 5.40. The first-order chi connectivity index (χ1) is 10.1. The lowest BCUT2D eigenvalue weighted by atomic mass is 10.1. The first-order valence-electron chi connectivity index (χ1n) is 7.23. The molecule has 1 aromatic carbocycles. The maximum Gasteiger partial charge on any atom is 0.145 e. The first-order valence-corrected chi connectivity index (χ1v) is 7.23. The summed E-state index contributed by atoms with van der Waals surface area (Å²) in [5, 5.41) is 0. The fourth-order valence-corrected chi connectivity index (χ4v) is 2.04. The van der Waals surface area contributed by atoms with E-state index in [1.807, 2.05) is 55.5 Å². The van der Waals surface area contributed by atoms with Gasteiger partial charge in [-0.05, 0) is 36.6 Å². The summed E-state index contributed by atoms with van der Waals surface area (Å²) < 4.78 is 5.90. The minimum Gasteiger partial charge on any atom is -0.456 e. The van der Waals surface area contributed by atoms with E-state index in [0.29, 0.717) is 0 Å². The lowest BCUT2D eigenvalue weighted by Gasteiger charge is -2.14. The van der Waals surface area contributed by atoms with Gasteiger partial charge in [0.1, 0.15) is 11.5 Å². The molecule has 2 rings (SSSR count). The average molecular weight is 285 g/mol. The molecule has 0 aliphatic heterocycles. The minimum absolute atomic E-state index is 0.166. The topological polar surface area (TPSA) is 51.4 Å². The van der Waals surface area contributed by atoms with Crippen LogP contribution in [0.5, 0.6) is 11.5 Å². The van der Waals surface area contributed by atoms with E-state index in [1.165, 1.54) is 0 Å². The van der Waals surface area contributed by atoms with Crippen LogP contribution in [0.15, 0.2) is 42.7 Å². The highest BCUT2D eigenvalue weighted by Gasteiger charge is 2.05. The number of benzene rings is 1. The quantitative estimate of drug-likeness (QED) is 0.885. The minimum atomic E-state index is 0.166. The predicted molar refractivity (Wildman–Crippen MR) is 87.1 cm³/mol. The van der Waals surface area contributed by atoms with Crippen molar-refractivity contribution < 1.29 is 4.74 Å². The van der Waals surface area contributed by atoms with Gasteiger partial charge in [0, 0.05) is 38.1 Å². The summed E-state index contributed by atoms with van der Waals surface area (Å²) in [5.74, 6) is 1.55. The molecule has 21 heavy (non-hydrogen) atoms. The Morgan fingerprint density at radius 3 is 2.71 bits per heavy atom. The van der Waals surface area contributed by atoms with Crippen LogP contribution in [0.4, 0.5) is 5.69 Å². The Hall–Kier alpha value is -2.07. The van der Waals surface area contributed by atoms with Gasteiger partial charge in [0.05, 0.1) is 6.20 Å². The Labute approximate surface area is 126 Å². The second-order valence-electron chi connectivity index (χ2n) is 5.40. The van der Waals surface area contributed by atoms with Crippen molar-refractivity contribution in [1.82, 2.24) is 4.98 Å². The highest BCUT2D eigenvalue weighted by Crippen LogP contribution is 2.25. The normalized spacial score (nSPS) is 12.0. The molecule has 0 bridgehead atoms. The first kappa shape index (κ1) is 15.3. The number of nitrogens with two attached hydrogens (primary N) is 1. The van der Waals surface area contributed by atoms with E-state index in [4.69, 9.17) is 10.5 Å². The SMILES string of the molecule is CCC(N)Cc1cncc(Oc2cccc(N(C)C)c2)c1. The number of aromatic nitrogens is 1. The van der Waals surface area contributed by atoms with Crippen LogP contribution >= 0.6 is 0 Å². The molecule has 0 aliphatic carbocycles. The van der Waals surface area contributed by atoms with E-state index in [-0.39, 0.29) is 6.04 Å². The fourth-order valence-electron chi connectivity index (χ4n) is 2.04. The number of anilines is 1. The van der Waals surface area contributed by atoms with Crippen molar-refractivity contribution in [2.45, 2.75) is 25.8 Å². The van der Waals surface area contributed by atoms with Crippen LogP contribution in [0.25, 0.3) is 0 Å². The van der Waals surface area contributed by atoms with Gasteiger partial charge in [0.2, 0.25) is 0 Å². The Bertz CT molecular complexity index is 584. The smallest absolute Gasteiger partial charge is 0.145 e. The molecule has 0 saturated carbocycles. The summed E-state index contributed by atoms with van der Waals surface area (Å²) in [7, 11) is 4.01. The molecule has 1 heterocycles. The van der Waals surface area contributed by atoms with E-state index in [1.54, 1.807) is 6.20 Å². The molecule has 1 aromatic heterocycles. The fraction of sp³-hybridized carbons (Fsp3) is 0.353. The summed E-state index contributed by atoms with van der Waals surface area (Å²) >= 11 is 0. The monoisotopic (exact) mass is 285 g/mol. The van der Waals surface area contributed by atoms with Gasteiger partial charge in [-0.25, -0.2) is 0 Å².